The first kappa shape index (κ1) is 20.2. The van der Waals surface area contributed by atoms with Crippen LogP contribution in [0.5, 0.6) is 17.2 Å². The van der Waals surface area contributed by atoms with E-state index >= 15 is 0 Å². The molecular weight excluding hydrogens is 386 g/mol. The van der Waals surface area contributed by atoms with Crippen LogP contribution in [-0.2, 0) is 9.47 Å². The minimum atomic E-state index is -0.165. The summed E-state index contributed by atoms with van der Waals surface area (Å²) in [6.07, 6.45) is 3.01. The Hall–Kier alpha value is -3.10. The number of benzene rings is 2. The number of ether oxygens (including phenoxy) is 5. The van der Waals surface area contributed by atoms with Gasteiger partial charge in [0.05, 0.1) is 39.6 Å². The fourth-order valence-corrected chi connectivity index (χ4v) is 3.23. The summed E-state index contributed by atoms with van der Waals surface area (Å²) in [6, 6.07) is 11.4. The second kappa shape index (κ2) is 9.60. The zero-order valence-electron chi connectivity index (χ0n) is 17.1. The van der Waals surface area contributed by atoms with E-state index in [-0.39, 0.29) is 6.29 Å². The Bertz CT molecular complexity index is 974. The summed E-state index contributed by atoms with van der Waals surface area (Å²) in [5.74, 6) is 2.72. The van der Waals surface area contributed by atoms with Gasteiger partial charge in [0.15, 0.2) is 17.8 Å². The maximum Gasteiger partial charge on any atom is 0.162 e. The molecule has 0 unspecified atom stereocenters. The molecule has 0 aliphatic carbocycles. The third-order valence-electron chi connectivity index (χ3n) is 4.78. The number of anilines is 2. The van der Waals surface area contributed by atoms with Crippen molar-refractivity contribution >= 4 is 22.4 Å². The number of methoxy groups -OCH3 is 2. The summed E-state index contributed by atoms with van der Waals surface area (Å²) >= 11 is 0. The van der Waals surface area contributed by atoms with Crippen molar-refractivity contribution < 1.29 is 23.7 Å². The van der Waals surface area contributed by atoms with Crippen molar-refractivity contribution in [1.82, 2.24) is 9.97 Å². The highest BCUT2D eigenvalue weighted by Gasteiger charge is 2.14. The molecule has 8 nitrogen and oxygen atoms in total. The average Bonchev–Trinajstić information content (AvgIpc) is 2.80. The van der Waals surface area contributed by atoms with E-state index < -0.39 is 0 Å². The van der Waals surface area contributed by atoms with Gasteiger partial charge in [-0.1, -0.05) is 0 Å². The van der Waals surface area contributed by atoms with Gasteiger partial charge in [-0.05, 0) is 36.8 Å². The molecule has 1 fully saturated rings. The maximum absolute atomic E-state index is 5.80. The van der Waals surface area contributed by atoms with Gasteiger partial charge in [0.2, 0.25) is 0 Å². The van der Waals surface area contributed by atoms with Crippen LogP contribution in [0.1, 0.15) is 12.8 Å². The number of nitrogens with one attached hydrogen (secondary N) is 1. The van der Waals surface area contributed by atoms with Crippen LogP contribution in [0.25, 0.3) is 10.9 Å². The summed E-state index contributed by atoms with van der Waals surface area (Å²) in [4.78, 5) is 8.71. The largest absolute Gasteiger partial charge is 0.493 e. The molecular formula is C22H25N3O5. The lowest BCUT2D eigenvalue weighted by atomic mass is 10.2. The highest BCUT2D eigenvalue weighted by molar-refractivity contribution is 5.93. The van der Waals surface area contributed by atoms with Crippen LogP contribution < -0.4 is 19.5 Å². The van der Waals surface area contributed by atoms with Crippen LogP contribution in [0, 0.1) is 0 Å². The third-order valence-corrected chi connectivity index (χ3v) is 4.78. The molecule has 0 atom stereocenters. The standard InChI is InChI=1S/C22H25N3O5/c1-26-19-12-17-18(13-20(19)27-2)23-14-24-22(17)25-15-4-6-16(7-5-15)28-11-8-21-29-9-3-10-30-21/h4-7,12-14,21H,3,8-11H2,1-2H3,(H,23,24,25). The SMILES string of the molecule is COc1cc2ncnc(Nc3ccc(OCCC4OCCCO4)cc3)c2cc1OC. The van der Waals surface area contributed by atoms with Crippen LogP contribution >= 0.6 is 0 Å². The van der Waals surface area contributed by atoms with Gasteiger partial charge >= 0.3 is 0 Å². The lowest BCUT2D eigenvalue weighted by Gasteiger charge is -2.23. The molecule has 2 heterocycles. The van der Waals surface area contributed by atoms with E-state index in [0.29, 0.717) is 30.3 Å². The van der Waals surface area contributed by atoms with Gasteiger partial charge in [-0.25, -0.2) is 9.97 Å². The van der Waals surface area contributed by atoms with E-state index in [1.807, 2.05) is 36.4 Å². The van der Waals surface area contributed by atoms with Crippen molar-refractivity contribution in [3.8, 4) is 17.2 Å². The van der Waals surface area contributed by atoms with Gasteiger partial charge in [-0.2, -0.15) is 0 Å². The van der Waals surface area contributed by atoms with Crippen molar-refractivity contribution in [1.29, 1.82) is 0 Å². The van der Waals surface area contributed by atoms with Crippen LogP contribution in [0.3, 0.4) is 0 Å². The van der Waals surface area contributed by atoms with Gasteiger partial charge in [-0.3, -0.25) is 0 Å². The topological polar surface area (TPSA) is 84.0 Å². The first-order chi connectivity index (χ1) is 14.8. The third kappa shape index (κ3) is 4.72. The van der Waals surface area contributed by atoms with Crippen molar-refractivity contribution in [3.63, 3.8) is 0 Å². The Morgan fingerprint density at radius 3 is 2.47 bits per heavy atom. The van der Waals surface area contributed by atoms with Crippen LogP contribution in [0.2, 0.25) is 0 Å². The van der Waals surface area contributed by atoms with Gasteiger partial charge in [0, 0.05) is 23.6 Å². The first-order valence-electron chi connectivity index (χ1n) is 9.86. The van der Waals surface area contributed by atoms with E-state index in [9.17, 15) is 0 Å². The lowest BCUT2D eigenvalue weighted by molar-refractivity contribution is -0.183. The zero-order chi connectivity index (χ0) is 20.8. The van der Waals surface area contributed by atoms with Crippen molar-refractivity contribution in [3.05, 3.63) is 42.7 Å². The number of hydrogen-bond donors (Lipinski definition) is 1. The molecule has 3 aromatic rings. The second-order valence-electron chi connectivity index (χ2n) is 6.76. The molecule has 0 amide bonds. The minimum Gasteiger partial charge on any atom is -0.493 e. The molecule has 158 valence electrons. The molecule has 1 aliphatic rings. The van der Waals surface area contributed by atoms with Crippen LogP contribution in [-0.4, -0.2) is 50.3 Å². The normalized spacial score (nSPS) is 14.5. The molecule has 2 aromatic carbocycles. The lowest BCUT2D eigenvalue weighted by Crippen LogP contribution is -2.26. The molecule has 0 spiro atoms. The number of hydrogen-bond acceptors (Lipinski definition) is 8. The predicted octanol–water partition coefficient (Wildman–Crippen LogP) is 3.92. The number of nitrogens with zero attached hydrogens (tertiary/aromatic N) is 2. The predicted molar refractivity (Wildman–Crippen MR) is 113 cm³/mol. The zero-order valence-corrected chi connectivity index (χ0v) is 17.1. The van der Waals surface area contributed by atoms with E-state index in [1.165, 1.54) is 6.33 Å². The monoisotopic (exact) mass is 411 g/mol. The number of rotatable bonds is 8. The smallest absolute Gasteiger partial charge is 0.162 e. The van der Waals surface area contributed by atoms with Crippen LogP contribution in [0.15, 0.2) is 42.7 Å². The van der Waals surface area contributed by atoms with E-state index in [1.54, 1.807) is 14.2 Å². The molecule has 4 rings (SSSR count). The maximum atomic E-state index is 5.80. The molecule has 8 heteroatoms. The second-order valence-corrected chi connectivity index (χ2v) is 6.76. The Labute approximate surface area is 175 Å². The molecule has 30 heavy (non-hydrogen) atoms. The van der Waals surface area contributed by atoms with Crippen molar-refractivity contribution in [2.75, 3.05) is 39.4 Å². The summed E-state index contributed by atoms with van der Waals surface area (Å²) in [5.41, 5.74) is 1.65. The molecule has 1 N–H and O–H groups in total. The van der Waals surface area contributed by atoms with Crippen LogP contribution in [0.4, 0.5) is 11.5 Å². The van der Waals surface area contributed by atoms with Gasteiger partial charge in [0.25, 0.3) is 0 Å². The number of fused-ring (bicyclic) bond motifs is 1. The molecule has 1 aliphatic heterocycles. The summed E-state index contributed by atoms with van der Waals surface area (Å²) < 4.78 is 27.6. The highest BCUT2D eigenvalue weighted by atomic mass is 16.7. The Kier molecular flexibility index (Phi) is 6.46. The Balaban J connectivity index is 1.42. The van der Waals surface area contributed by atoms with Gasteiger partial charge in [-0.15, -0.1) is 0 Å². The summed E-state index contributed by atoms with van der Waals surface area (Å²) in [5, 5.41) is 4.16. The van der Waals surface area contributed by atoms with Gasteiger partial charge in [0.1, 0.15) is 17.9 Å². The first-order valence-corrected chi connectivity index (χ1v) is 9.86. The van der Waals surface area contributed by atoms with Crippen molar-refractivity contribution in [2.45, 2.75) is 19.1 Å². The molecule has 0 bridgehead atoms. The van der Waals surface area contributed by atoms with E-state index in [0.717, 1.165) is 42.0 Å². The molecule has 0 radical (unpaired) electrons. The summed E-state index contributed by atoms with van der Waals surface area (Å²) in [7, 11) is 3.20. The fourth-order valence-electron chi connectivity index (χ4n) is 3.23. The minimum absolute atomic E-state index is 0.165. The van der Waals surface area contributed by atoms with Gasteiger partial charge < -0.3 is 29.0 Å². The average molecular weight is 411 g/mol. The highest BCUT2D eigenvalue weighted by Crippen LogP contribution is 2.34. The Morgan fingerprint density at radius 1 is 1.00 bits per heavy atom. The molecule has 1 aromatic heterocycles. The number of aromatic nitrogens is 2. The van der Waals surface area contributed by atoms with E-state index in [4.69, 9.17) is 23.7 Å². The fraction of sp³-hybridized carbons (Fsp3) is 0.364. The van der Waals surface area contributed by atoms with E-state index in [2.05, 4.69) is 15.3 Å². The molecule has 1 saturated heterocycles. The quantitative estimate of drug-likeness (QED) is 0.597. The Morgan fingerprint density at radius 2 is 1.73 bits per heavy atom. The molecule has 0 saturated carbocycles. The summed E-state index contributed by atoms with van der Waals surface area (Å²) in [6.45, 7) is 2.04. The van der Waals surface area contributed by atoms with Crippen molar-refractivity contribution in [2.24, 2.45) is 0 Å².